The summed E-state index contributed by atoms with van der Waals surface area (Å²) in [4.78, 5) is 0. The van der Waals surface area contributed by atoms with Gasteiger partial charge in [0.15, 0.2) is 0 Å². The molecule has 0 aromatic carbocycles. The molecule has 0 bridgehead atoms. The maximum absolute atomic E-state index is 10.5. The third-order valence-electron chi connectivity index (χ3n) is 8.71. The Balaban J connectivity index is 1.73. The van der Waals surface area contributed by atoms with Gasteiger partial charge in [-0.1, -0.05) is 45.8 Å². The van der Waals surface area contributed by atoms with Crippen LogP contribution in [0, 0.1) is 34.0 Å². The number of aliphatic hydroxyl groups excluding tert-OH is 1. The lowest BCUT2D eigenvalue weighted by atomic mass is 9.45. The Morgan fingerprint density at radius 1 is 0.955 bits per heavy atom. The second-order valence-electron chi connectivity index (χ2n) is 10.0. The highest BCUT2D eigenvalue weighted by Gasteiger charge is 2.58. The minimum absolute atomic E-state index is 0.0194. The molecule has 0 spiro atoms. The zero-order valence-electron chi connectivity index (χ0n) is 15.0. The highest BCUT2D eigenvalue weighted by Crippen LogP contribution is 2.66. The maximum atomic E-state index is 10.5. The monoisotopic (exact) mass is 302 g/mol. The van der Waals surface area contributed by atoms with Crippen LogP contribution in [0.4, 0.5) is 0 Å². The molecule has 1 heteroatoms. The Labute approximate surface area is 136 Å². The minimum atomic E-state index is -0.149. The highest BCUT2D eigenvalue weighted by atomic mass is 16.3. The van der Waals surface area contributed by atoms with Crippen molar-refractivity contribution in [2.45, 2.75) is 85.2 Å². The van der Waals surface area contributed by atoms with Gasteiger partial charge in [-0.15, -0.1) is 0 Å². The largest absolute Gasteiger partial charge is 0.392 e. The second kappa shape index (κ2) is 4.62. The molecular weight excluding hydrogens is 268 g/mol. The number of allylic oxidation sites excluding steroid dienone is 1. The fourth-order valence-corrected chi connectivity index (χ4v) is 7.38. The van der Waals surface area contributed by atoms with E-state index in [0.29, 0.717) is 10.8 Å². The number of hydrogen-bond donors (Lipinski definition) is 1. The number of hydrogen-bond acceptors (Lipinski definition) is 1. The van der Waals surface area contributed by atoms with Crippen LogP contribution in [0.3, 0.4) is 0 Å². The molecule has 0 aromatic rings. The zero-order chi connectivity index (χ0) is 15.8. The molecule has 4 rings (SSSR count). The minimum Gasteiger partial charge on any atom is -0.392 e. The van der Waals surface area contributed by atoms with Crippen molar-refractivity contribution in [2.24, 2.45) is 34.0 Å². The van der Waals surface area contributed by atoms with E-state index in [-0.39, 0.29) is 11.5 Å². The van der Waals surface area contributed by atoms with Crippen molar-refractivity contribution < 1.29 is 5.11 Å². The van der Waals surface area contributed by atoms with Gasteiger partial charge >= 0.3 is 0 Å². The van der Waals surface area contributed by atoms with Gasteiger partial charge in [0.25, 0.3) is 0 Å². The number of rotatable bonds is 0. The van der Waals surface area contributed by atoms with E-state index in [1.165, 1.54) is 44.9 Å². The first-order chi connectivity index (χ1) is 10.3. The Hall–Kier alpha value is -0.300. The topological polar surface area (TPSA) is 20.2 Å². The molecule has 22 heavy (non-hydrogen) atoms. The van der Waals surface area contributed by atoms with Crippen LogP contribution < -0.4 is 0 Å². The molecule has 0 aliphatic heterocycles. The zero-order valence-corrected chi connectivity index (χ0v) is 15.0. The summed E-state index contributed by atoms with van der Waals surface area (Å²) in [5, 5.41) is 10.5. The van der Waals surface area contributed by atoms with Gasteiger partial charge in [0.05, 0.1) is 6.10 Å². The molecule has 3 saturated carbocycles. The van der Waals surface area contributed by atoms with Gasteiger partial charge in [-0.05, 0) is 73.5 Å². The summed E-state index contributed by atoms with van der Waals surface area (Å²) in [5.74, 6) is 2.76. The summed E-state index contributed by atoms with van der Waals surface area (Å²) in [5.41, 5.74) is 2.58. The van der Waals surface area contributed by atoms with Gasteiger partial charge in [0.2, 0.25) is 0 Å². The smallest absolute Gasteiger partial charge is 0.0628 e. The van der Waals surface area contributed by atoms with Crippen molar-refractivity contribution in [1.82, 2.24) is 0 Å². The van der Waals surface area contributed by atoms with E-state index in [1.807, 2.05) is 0 Å². The molecule has 0 heterocycles. The number of aliphatic hydroxyl groups is 1. The molecule has 0 radical (unpaired) electrons. The van der Waals surface area contributed by atoms with Crippen molar-refractivity contribution in [3.8, 4) is 0 Å². The Kier molecular flexibility index (Phi) is 3.20. The van der Waals surface area contributed by atoms with E-state index in [9.17, 15) is 5.11 Å². The van der Waals surface area contributed by atoms with Crippen LogP contribution in [0.25, 0.3) is 0 Å². The maximum Gasteiger partial charge on any atom is 0.0628 e. The van der Waals surface area contributed by atoms with E-state index in [0.717, 1.165) is 24.2 Å². The van der Waals surface area contributed by atoms with Crippen molar-refractivity contribution in [2.75, 3.05) is 0 Å². The van der Waals surface area contributed by atoms with Crippen LogP contribution in [0.15, 0.2) is 11.6 Å². The Morgan fingerprint density at radius 3 is 2.50 bits per heavy atom. The van der Waals surface area contributed by atoms with Gasteiger partial charge in [-0.25, -0.2) is 0 Å². The summed E-state index contributed by atoms with van der Waals surface area (Å²) in [6.07, 6.45) is 13.2. The quantitative estimate of drug-likeness (QED) is 0.599. The van der Waals surface area contributed by atoms with Crippen molar-refractivity contribution in [3.63, 3.8) is 0 Å². The lowest BCUT2D eigenvalue weighted by Gasteiger charge is -2.60. The van der Waals surface area contributed by atoms with Gasteiger partial charge in [-0.2, -0.15) is 0 Å². The van der Waals surface area contributed by atoms with Crippen LogP contribution in [-0.4, -0.2) is 11.2 Å². The van der Waals surface area contributed by atoms with Crippen molar-refractivity contribution in [3.05, 3.63) is 11.6 Å². The molecule has 4 aliphatic carbocycles. The van der Waals surface area contributed by atoms with E-state index in [1.54, 1.807) is 5.57 Å². The average Bonchev–Trinajstić information content (AvgIpc) is 2.85. The first-order valence-electron chi connectivity index (χ1n) is 9.68. The molecule has 4 aliphatic rings. The second-order valence-corrected chi connectivity index (χ2v) is 10.0. The third-order valence-corrected chi connectivity index (χ3v) is 8.71. The lowest BCUT2D eigenvalue weighted by molar-refractivity contribution is -0.0653. The first-order valence-corrected chi connectivity index (χ1v) is 9.68. The van der Waals surface area contributed by atoms with Crippen LogP contribution >= 0.6 is 0 Å². The van der Waals surface area contributed by atoms with Gasteiger partial charge < -0.3 is 5.11 Å². The summed E-state index contributed by atoms with van der Waals surface area (Å²) in [6, 6.07) is 0. The highest BCUT2D eigenvalue weighted by molar-refractivity contribution is 5.31. The van der Waals surface area contributed by atoms with E-state index in [4.69, 9.17) is 0 Å². The summed E-state index contributed by atoms with van der Waals surface area (Å²) in [7, 11) is 0. The predicted octanol–water partition coefficient (Wildman–Crippen LogP) is 5.34. The van der Waals surface area contributed by atoms with Gasteiger partial charge in [-0.3, -0.25) is 0 Å². The molecule has 1 nitrogen and oxygen atoms in total. The third kappa shape index (κ3) is 1.81. The molecular formula is C21H34O. The van der Waals surface area contributed by atoms with E-state index < -0.39 is 0 Å². The fraction of sp³-hybridized carbons (Fsp3) is 0.905. The molecule has 3 fully saturated rings. The normalized spacial score (nSPS) is 53.2. The van der Waals surface area contributed by atoms with Crippen LogP contribution in [-0.2, 0) is 0 Å². The standard InChI is InChI=1S/C21H34O/c1-19(2)17-8-7-14-15-6-5-11-20(15,3)12-9-16(14)21(17,4)13-10-18(19)22/h8,14-16,18,22H,5-7,9-13H2,1-4H3/t14-,15-,16-,18-,20-,21+/m0/s1. The molecule has 0 saturated heterocycles. The summed E-state index contributed by atoms with van der Waals surface area (Å²) in [6.45, 7) is 9.69. The molecule has 1 N–H and O–H groups in total. The Bertz CT molecular complexity index is 504. The van der Waals surface area contributed by atoms with Crippen LogP contribution in [0.2, 0.25) is 0 Å². The SMILES string of the molecule is CC1(C)C2=CC[C@H]3[C@@H]4CCC[C@@]4(C)CC[C@@H]3[C@@]2(C)CC[C@@H]1O. The van der Waals surface area contributed by atoms with E-state index in [2.05, 4.69) is 33.8 Å². The number of fused-ring (bicyclic) bond motifs is 5. The summed E-state index contributed by atoms with van der Waals surface area (Å²) < 4.78 is 0. The predicted molar refractivity (Wildman–Crippen MR) is 91.5 cm³/mol. The van der Waals surface area contributed by atoms with Crippen molar-refractivity contribution in [1.29, 1.82) is 0 Å². The Morgan fingerprint density at radius 2 is 1.73 bits per heavy atom. The van der Waals surface area contributed by atoms with Gasteiger partial charge in [0, 0.05) is 5.41 Å². The first kappa shape index (κ1) is 15.2. The fourth-order valence-electron chi connectivity index (χ4n) is 7.38. The van der Waals surface area contributed by atoms with Crippen LogP contribution in [0.1, 0.15) is 79.1 Å². The molecule has 124 valence electrons. The average molecular weight is 303 g/mol. The summed E-state index contributed by atoms with van der Waals surface area (Å²) >= 11 is 0. The lowest BCUT2D eigenvalue weighted by Crippen LogP contribution is -2.53. The molecule has 0 aromatic heterocycles. The van der Waals surface area contributed by atoms with E-state index >= 15 is 0 Å². The molecule has 0 unspecified atom stereocenters. The van der Waals surface area contributed by atoms with Crippen molar-refractivity contribution >= 4 is 0 Å². The molecule has 6 atom stereocenters. The molecule has 0 amide bonds. The van der Waals surface area contributed by atoms with Gasteiger partial charge in [0.1, 0.15) is 0 Å². The van der Waals surface area contributed by atoms with Crippen LogP contribution in [0.5, 0.6) is 0 Å².